The monoisotopic (exact) mass is 329 g/mol. The molecule has 0 aromatic carbocycles. The quantitative estimate of drug-likeness (QED) is 0.833. The maximum absolute atomic E-state index is 12.2. The Bertz CT molecular complexity index is 556. The summed E-state index contributed by atoms with van der Waals surface area (Å²) in [5.41, 5.74) is 0. The standard InChI is InChI=1S/C15H23NO3S2/c1-12(2)11-21(18,19)14-5-7-16(8-6-14)15(17)10-13-4-3-9-20-13/h3-4,9,12,14H,5-8,10-11H2,1-2H3. The Balaban J connectivity index is 1.87. The predicted molar refractivity (Wildman–Crippen MR) is 86.2 cm³/mol. The van der Waals surface area contributed by atoms with Crippen LogP contribution in [-0.2, 0) is 21.1 Å². The average Bonchev–Trinajstić information content (AvgIpc) is 2.90. The van der Waals surface area contributed by atoms with E-state index in [2.05, 4.69) is 0 Å². The lowest BCUT2D eigenvalue weighted by molar-refractivity contribution is -0.131. The topological polar surface area (TPSA) is 54.5 Å². The second-order valence-electron chi connectivity index (χ2n) is 6.06. The Morgan fingerprint density at radius 3 is 2.57 bits per heavy atom. The average molecular weight is 329 g/mol. The lowest BCUT2D eigenvalue weighted by atomic mass is 10.1. The Labute approximate surface area is 131 Å². The summed E-state index contributed by atoms with van der Waals surface area (Å²) in [5.74, 6) is 0.520. The van der Waals surface area contributed by atoms with E-state index in [9.17, 15) is 13.2 Å². The zero-order chi connectivity index (χ0) is 15.5. The van der Waals surface area contributed by atoms with E-state index in [1.54, 1.807) is 16.2 Å². The molecule has 0 N–H and O–H groups in total. The van der Waals surface area contributed by atoms with E-state index in [1.807, 2.05) is 31.4 Å². The number of piperidine rings is 1. The van der Waals surface area contributed by atoms with Crippen LogP contribution in [0.2, 0.25) is 0 Å². The Morgan fingerprint density at radius 1 is 1.38 bits per heavy atom. The van der Waals surface area contributed by atoms with Crippen LogP contribution in [0.15, 0.2) is 17.5 Å². The van der Waals surface area contributed by atoms with Crippen LogP contribution in [0.25, 0.3) is 0 Å². The molecular formula is C15H23NO3S2. The molecule has 4 nitrogen and oxygen atoms in total. The molecule has 1 fully saturated rings. The smallest absolute Gasteiger partial charge is 0.227 e. The number of hydrogen-bond donors (Lipinski definition) is 0. The number of amides is 1. The minimum Gasteiger partial charge on any atom is -0.342 e. The van der Waals surface area contributed by atoms with Crippen molar-refractivity contribution in [2.45, 2.75) is 38.4 Å². The summed E-state index contributed by atoms with van der Waals surface area (Å²) < 4.78 is 24.5. The number of thiophene rings is 1. The molecule has 0 bridgehead atoms. The molecule has 1 aliphatic rings. The molecule has 1 saturated heterocycles. The maximum atomic E-state index is 12.2. The first kappa shape index (κ1) is 16.5. The largest absolute Gasteiger partial charge is 0.342 e. The van der Waals surface area contributed by atoms with Crippen LogP contribution in [0.5, 0.6) is 0 Å². The van der Waals surface area contributed by atoms with Crippen molar-refractivity contribution in [3.8, 4) is 0 Å². The molecule has 21 heavy (non-hydrogen) atoms. The minimum atomic E-state index is -3.02. The molecule has 1 aromatic heterocycles. The molecule has 0 saturated carbocycles. The predicted octanol–water partition coefficient (Wildman–Crippen LogP) is 2.35. The van der Waals surface area contributed by atoms with Gasteiger partial charge in [-0.25, -0.2) is 8.42 Å². The number of hydrogen-bond acceptors (Lipinski definition) is 4. The zero-order valence-electron chi connectivity index (χ0n) is 12.6. The van der Waals surface area contributed by atoms with Crippen molar-refractivity contribution in [3.63, 3.8) is 0 Å². The molecule has 1 aromatic rings. The molecule has 2 heterocycles. The van der Waals surface area contributed by atoms with Gasteiger partial charge in [0.15, 0.2) is 9.84 Å². The molecule has 0 atom stereocenters. The van der Waals surface area contributed by atoms with Crippen molar-refractivity contribution in [2.24, 2.45) is 5.92 Å². The summed E-state index contributed by atoms with van der Waals surface area (Å²) in [6.45, 7) is 4.98. The fraction of sp³-hybridized carbons (Fsp3) is 0.667. The molecular weight excluding hydrogens is 306 g/mol. The molecule has 0 spiro atoms. The molecule has 1 amide bonds. The third-order valence-electron chi connectivity index (χ3n) is 3.77. The van der Waals surface area contributed by atoms with Gasteiger partial charge in [0.2, 0.25) is 5.91 Å². The SMILES string of the molecule is CC(C)CS(=O)(=O)C1CCN(C(=O)Cc2cccs2)CC1. The number of likely N-dealkylation sites (tertiary alicyclic amines) is 1. The summed E-state index contributed by atoms with van der Waals surface area (Å²) in [5, 5.41) is 1.69. The number of sulfone groups is 1. The fourth-order valence-electron chi connectivity index (χ4n) is 2.74. The van der Waals surface area contributed by atoms with Crippen LogP contribution in [0, 0.1) is 5.92 Å². The molecule has 1 aliphatic heterocycles. The van der Waals surface area contributed by atoms with Crippen LogP contribution < -0.4 is 0 Å². The van der Waals surface area contributed by atoms with Crippen LogP contribution in [0.3, 0.4) is 0 Å². The summed E-state index contributed by atoms with van der Waals surface area (Å²) in [4.78, 5) is 15.1. The van der Waals surface area contributed by atoms with Gasteiger partial charge in [-0.3, -0.25) is 4.79 Å². The van der Waals surface area contributed by atoms with Gasteiger partial charge in [0.25, 0.3) is 0 Å². The van der Waals surface area contributed by atoms with E-state index in [0.717, 1.165) is 4.88 Å². The van der Waals surface area contributed by atoms with Gasteiger partial charge in [-0.15, -0.1) is 11.3 Å². The zero-order valence-corrected chi connectivity index (χ0v) is 14.3. The molecule has 2 rings (SSSR count). The summed E-state index contributed by atoms with van der Waals surface area (Å²) in [7, 11) is -3.02. The van der Waals surface area contributed by atoms with Crippen molar-refractivity contribution in [1.82, 2.24) is 4.90 Å². The van der Waals surface area contributed by atoms with Crippen molar-refractivity contribution < 1.29 is 13.2 Å². The molecule has 0 unspecified atom stereocenters. The van der Waals surface area contributed by atoms with Gasteiger partial charge in [-0.05, 0) is 30.2 Å². The van der Waals surface area contributed by atoms with Crippen molar-refractivity contribution in [3.05, 3.63) is 22.4 Å². The van der Waals surface area contributed by atoms with Crippen molar-refractivity contribution in [1.29, 1.82) is 0 Å². The van der Waals surface area contributed by atoms with Gasteiger partial charge in [0.1, 0.15) is 0 Å². The van der Waals surface area contributed by atoms with E-state index in [1.165, 1.54) is 0 Å². The normalized spacial score (nSPS) is 17.4. The Morgan fingerprint density at radius 2 is 2.05 bits per heavy atom. The third-order valence-corrected chi connectivity index (χ3v) is 7.27. The van der Waals surface area contributed by atoms with Gasteiger partial charge < -0.3 is 4.90 Å². The summed E-state index contributed by atoms with van der Waals surface area (Å²) >= 11 is 1.58. The van der Waals surface area contributed by atoms with Crippen molar-refractivity contribution >= 4 is 27.1 Å². The Hall–Kier alpha value is -0.880. The summed E-state index contributed by atoms with van der Waals surface area (Å²) in [6, 6.07) is 3.90. The lowest BCUT2D eigenvalue weighted by Crippen LogP contribution is -2.43. The highest BCUT2D eigenvalue weighted by atomic mass is 32.2. The van der Waals surface area contributed by atoms with Gasteiger partial charge in [0.05, 0.1) is 17.4 Å². The second-order valence-corrected chi connectivity index (χ2v) is 9.42. The van der Waals surface area contributed by atoms with Crippen molar-refractivity contribution in [2.75, 3.05) is 18.8 Å². The first-order valence-electron chi connectivity index (χ1n) is 7.40. The number of nitrogens with zero attached hydrogens (tertiary/aromatic N) is 1. The van der Waals surface area contributed by atoms with Gasteiger partial charge in [-0.1, -0.05) is 19.9 Å². The number of rotatable bonds is 5. The molecule has 0 aliphatic carbocycles. The maximum Gasteiger partial charge on any atom is 0.227 e. The van der Waals surface area contributed by atoms with Crippen LogP contribution in [-0.4, -0.2) is 43.3 Å². The van der Waals surface area contributed by atoms with E-state index >= 15 is 0 Å². The Kier molecular flexibility index (Phi) is 5.43. The highest BCUT2D eigenvalue weighted by Crippen LogP contribution is 2.21. The first-order valence-corrected chi connectivity index (χ1v) is 9.99. The fourth-order valence-corrected chi connectivity index (χ4v) is 5.57. The second kappa shape index (κ2) is 6.92. The van der Waals surface area contributed by atoms with E-state index in [4.69, 9.17) is 0 Å². The van der Waals surface area contributed by atoms with Crippen LogP contribution >= 0.6 is 11.3 Å². The first-order chi connectivity index (χ1) is 9.88. The van der Waals surface area contributed by atoms with Crippen LogP contribution in [0.1, 0.15) is 31.6 Å². The van der Waals surface area contributed by atoms with E-state index < -0.39 is 9.84 Å². The van der Waals surface area contributed by atoms with Crippen LogP contribution in [0.4, 0.5) is 0 Å². The minimum absolute atomic E-state index is 0.108. The van der Waals surface area contributed by atoms with E-state index in [-0.39, 0.29) is 22.8 Å². The highest BCUT2D eigenvalue weighted by molar-refractivity contribution is 7.92. The molecule has 118 valence electrons. The van der Waals surface area contributed by atoms with Gasteiger partial charge in [-0.2, -0.15) is 0 Å². The number of carbonyl (C=O) groups is 1. The van der Waals surface area contributed by atoms with Gasteiger partial charge in [0, 0.05) is 18.0 Å². The molecule has 0 radical (unpaired) electrons. The van der Waals surface area contributed by atoms with Gasteiger partial charge >= 0.3 is 0 Å². The molecule has 6 heteroatoms. The van der Waals surface area contributed by atoms with E-state index in [0.29, 0.717) is 32.4 Å². The number of carbonyl (C=O) groups excluding carboxylic acids is 1. The summed E-state index contributed by atoms with van der Waals surface area (Å²) in [6.07, 6.45) is 1.58. The highest BCUT2D eigenvalue weighted by Gasteiger charge is 2.31. The third kappa shape index (κ3) is 4.54. The lowest BCUT2D eigenvalue weighted by Gasteiger charge is -2.32.